The van der Waals surface area contributed by atoms with E-state index >= 15 is 0 Å². The van der Waals surface area contributed by atoms with E-state index in [9.17, 15) is 0 Å². The molecule has 0 spiro atoms. The Morgan fingerprint density at radius 2 is 1.26 bits per heavy atom. The molecule has 224 valence electrons. The highest BCUT2D eigenvalue weighted by molar-refractivity contribution is 5.78. The Balaban J connectivity index is 1.08. The van der Waals surface area contributed by atoms with E-state index in [0.717, 1.165) is 44.9 Å². The normalized spacial score (nSPS) is 11.1. The van der Waals surface area contributed by atoms with E-state index in [4.69, 9.17) is 28.7 Å². The Bertz CT molecular complexity index is 1560. The van der Waals surface area contributed by atoms with Crippen molar-refractivity contribution >= 4 is 16.7 Å². The maximum Gasteiger partial charge on any atom is 0.129 e. The second kappa shape index (κ2) is 15.7. The molecule has 5 aromatic rings. The second-order valence-electron chi connectivity index (χ2n) is 10.1. The number of aromatic amines is 1. The molecule has 0 amide bonds. The first-order valence-corrected chi connectivity index (χ1v) is 14.3. The number of rotatable bonds is 17. The van der Waals surface area contributed by atoms with Crippen LogP contribution in [-0.2, 0) is 40.5 Å². The lowest BCUT2D eigenvalue weighted by molar-refractivity contribution is 0.00698. The van der Waals surface area contributed by atoms with Crippen LogP contribution in [-0.4, -0.2) is 55.8 Å². The van der Waals surface area contributed by atoms with Gasteiger partial charge in [-0.2, -0.15) is 5.10 Å². The van der Waals surface area contributed by atoms with Crippen molar-refractivity contribution in [1.29, 1.82) is 0 Å². The third-order valence-electron chi connectivity index (χ3n) is 6.94. The summed E-state index contributed by atoms with van der Waals surface area (Å²) in [6.07, 6.45) is 3.71. The molecule has 0 bridgehead atoms. The van der Waals surface area contributed by atoms with Crippen LogP contribution in [0.25, 0.3) is 10.9 Å². The van der Waals surface area contributed by atoms with E-state index in [-0.39, 0.29) is 0 Å². The van der Waals surface area contributed by atoms with Crippen LogP contribution < -0.4 is 14.4 Å². The van der Waals surface area contributed by atoms with Gasteiger partial charge >= 0.3 is 0 Å². The molecule has 0 aliphatic rings. The minimum Gasteiger partial charge on any atom is -0.497 e. The van der Waals surface area contributed by atoms with Crippen LogP contribution in [0.5, 0.6) is 11.5 Å². The number of nitrogens with one attached hydrogen (secondary N) is 1. The molecule has 0 aliphatic carbocycles. The molecule has 0 radical (unpaired) electrons. The Morgan fingerprint density at radius 3 is 1.95 bits per heavy atom. The third kappa shape index (κ3) is 9.02. The average Bonchev–Trinajstić information content (AvgIpc) is 3.52. The highest BCUT2D eigenvalue weighted by Crippen LogP contribution is 2.22. The number of methoxy groups -OCH3 is 2. The monoisotopic (exact) mass is 582 g/mol. The molecular formula is C34H38N4O5. The Hall–Kier alpha value is -4.44. The molecule has 5 rings (SSSR count). The highest BCUT2D eigenvalue weighted by atomic mass is 16.5. The van der Waals surface area contributed by atoms with Crippen LogP contribution in [0.3, 0.4) is 0 Å². The van der Waals surface area contributed by atoms with E-state index in [0.29, 0.717) is 52.7 Å². The quantitative estimate of drug-likeness (QED) is 0.135. The van der Waals surface area contributed by atoms with Gasteiger partial charge < -0.3 is 28.6 Å². The lowest BCUT2D eigenvalue weighted by atomic mass is 10.1. The van der Waals surface area contributed by atoms with E-state index in [1.807, 2.05) is 54.9 Å². The van der Waals surface area contributed by atoms with Crippen LogP contribution in [0.15, 0.2) is 91.3 Å². The summed E-state index contributed by atoms with van der Waals surface area (Å²) in [4.78, 5) is 7.04. The molecule has 0 saturated carbocycles. The number of hydrogen-bond donors (Lipinski definition) is 1. The van der Waals surface area contributed by atoms with E-state index in [1.165, 1.54) is 5.56 Å². The van der Waals surface area contributed by atoms with Crippen molar-refractivity contribution in [2.24, 2.45) is 0 Å². The van der Waals surface area contributed by atoms with Crippen LogP contribution in [0.4, 0.5) is 5.82 Å². The molecule has 3 aromatic carbocycles. The summed E-state index contributed by atoms with van der Waals surface area (Å²) < 4.78 is 27.8. The lowest BCUT2D eigenvalue weighted by Crippen LogP contribution is -2.23. The number of fused-ring (bicyclic) bond motifs is 1. The smallest absolute Gasteiger partial charge is 0.129 e. The zero-order valence-corrected chi connectivity index (χ0v) is 24.7. The van der Waals surface area contributed by atoms with Gasteiger partial charge in [-0.3, -0.25) is 5.10 Å². The van der Waals surface area contributed by atoms with E-state index in [1.54, 1.807) is 14.2 Å². The lowest BCUT2D eigenvalue weighted by Gasteiger charge is -2.24. The van der Waals surface area contributed by atoms with Gasteiger partial charge in [0.15, 0.2) is 0 Å². The summed E-state index contributed by atoms with van der Waals surface area (Å²) in [7, 11) is 3.34. The van der Waals surface area contributed by atoms with E-state index < -0.39 is 0 Å². The van der Waals surface area contributed by atoms with Crippen LogP contribution in [0.2, 0.25) is 0 Å². The van der Waals surface area contributed by atoms with Gasteiger partial charge in [0.2, 0.25) is 0 Å². The van der Waals surface area contributed by atoms with Crippen molar-refractivity contribution < 1.29 is 23.7 Å². The maximum absolute atomic E-state index is 5.81. The maximum atomic E-state index is 5.81. The van der Waals surface area contributed by atoms with Gasteiger partial charge in [0, 0.05) is 24.7 Å². The highest BCUT2D eigenvalue weighted by Gasteiger charge is 2.12. The number of ether oxygens (including phenoxy) is 5. The zero-order chi connectivity index (χ0) is 29.7. The van der Waals surface area contributed by atoms with Crippen molar-refractivity contribution in [3.8, 4) is 11.5 Å². The fraction of sp³-hybridized carbons (Fsp3) is 0.294. The largest absolute Gasteiger partial charge is 0.497 e. The molecule has 9 heteroatoms. The molecule has 0 fully saturated rings. The van der Waals surface area contributed by atoms with Gasteiger partial charge in [0.1, 0.15) is 17.3 Å². The zero-order valence-electron chi connectivity index (χ0n) is 24.7. The summed E-state index contributed by atoms with van der Waals surface area (Å²) in [5, 5.41) is 8.30. The minimum absolute atomic E-state index is 0.468. The summed E-state index contributed by atoms with van der Waals surface area (Å²) in [5.41, 5.74) is 5.40. The molecule has 0 saturated heterocycles. The van der Waals surface area contributed by atoms with Crippen LogP contribution in [0, 0.1) is 0 Å². The molecule has 0 unspecified atom stereocenters. The molecule has 2 heterocycles. The standard InChI is InChI=1S/C34H38N4O5/c1-39-31-7-3-5-26(17-31)22-38(23-27-9-11-30-21-36-37-33(30)19-27)34-12-10-29(20-35-34)25-43-16-14-41-13-15-42-24-28-6-4-8-32(18-28)40-2/h3-12,17-21H,13-16,22-25H2,1-2H3,(H,36,37). The number of anilines is 1. The minimum atomic E-state index is 0.468. The Morgan fingerprint density at radius 1 is 0.628 bits per heavy atom. The molecule has 43 heavy (non-hydrogen) atoms. The van der Waals surface area contributed by atoms with Gasteiger partial charge in [0.25, 0.3) is 0 Å². The molecule has 0 atom stereocenters. The fourth-order valence-electron chi connectivity index (χ4n) is 4.68. The van der Waals surface area contributed by atoms with Crippen molar-refractivity contribution in [2.45, 2.75) is 26.3 Å². The number of nitrogens with zero attached hydrogens (tertiary/aromatic N) is 3. The second-order valence-corrected chi connectivity index (χ2v) is 10.1. The molecule has 2 aromatic heterocycles. The molecule has 9 nitrogen and oxygen atoms in total. The van der Waals surface area contributed by atoms with Gasteiger partial charge in [0.05, 0.1) is 65.6 Å². The van der Waals surface area contributed by atoms with Gasteiger partial charge in [-0.15, -0.1) is 0 Å². The van der Waals surface area contributed by atoms with Crippen LogP contribution >= 0.6 is 0 Å². The summed E-state index contributed by atoms with van der Waals surface area (Å²) in [5.74, 6) is 2.54. The van der Waals surface area contributed by atoms with Gasteiger partial charge in [-0.1, -0.05) is 42.5 Å². The summed E-state index contributed by atoms with van der Waals surface area (Å²) in [6.45, 7) is 4.40. The number of pyridine rings is 1. The number of benzene rings is 3. The first kappa shape index (κ1) is 30.0. The molecule has 1 N–H and O–H groups in total. The van der Waals surface area contributed by atoms with Gasteiger partial charge in [-0.05, 0) is 58.7 Å². The average molecular weight is 583 g/mol. The van der Waals surface area contributed by atoms with Crippen molar-refractivity contribution in [3.05, 3.63) is 114 Å². The number of H-pyrrole nitrogens is 1. The van der Waals surface area contributed by atoms with Crippen molar-refractivity contribution in [3.63, 3.8) is 0 Å². The van der Waals surface area contributed by atoms with Crippen LogP contribution in [0.1, 0.15) is 22.3 Å². The van der Waals surface area contributed by atoms with Gasteiger partial charge in [-0.25, -0.2) is 4.98 Å². The predicted molar refractivity (Wildman–Crippen MR) is 166 cm³/mol. The predicted octanol–water partition coefficient (Wildman–Crippen LogP) is 5.93. The first-order chi connectivity index (χ1) is 21.2. The fourth-order valence-corrected chi connectivity index (χ4v) is 4.68. The first-order valence-electron chi connectivity index (χ1n) is 14.3. The number of aromatic nitrogens is 3. The summed E-state index contributed by atoms with van der Waals surface area (Å²) >= 11 is 0. The SMILES string of the molecule is COc1cccc(COCCOCCOCc2ccc(N(Cc3cccc(OC)c3)Cc3ccc4cn[nH]c4c3)nc2)c1. The summed E-state index contributed by atoms with van der Waals surface area (Å²) in [6, 6.07) is 26.4. The van der Waals surface area contributed by atoms with Crippen molar-refractivity contribution in [2.75, 3.05) is 45.5 Å². The third-order valence-corrected chi connectivity index (χ3v) is 6.94. The topological polar surface area (TPSA) is 91.0 Å². The Kier molecular flexibility index (Phi) is 11.0. The molecule has 0 aliphatic heterocycles. The number of hydrogen-bond acceptors (Lipinski definition) is 8. The van der Waals surface area contributed by atoms with E-state index in [2.05, 4.69) is 51.5 Å². The molecular weight excluding hydrogens is 544 g/mol. The Labute approximate surface area is 252 Å². The van der Waals surface area contributed by atoms with Crippen molar-refractivity contribution in [1.82, 2.24) is 15.2 Å².